The van der Waals surface area contributed by atoms with Crippen LogP contribution in [0.3, 0.4) is 0 Å². The van der Waals surface area contributed by atoms with Crippen molar-refractivity contribution < 1.29 is 9.72 Å². The minimum Gasteiger partial charge on any atom is -0.352 e. The first kappa shape index (κ1) is 18.6. The van der Waals surface area contributed by atoms with Crippen molar-refractivity contribution in [2.45, 2.75) is 13.0 Å². The van der Waals surface area contributed by atoms with E-state index in [2.05, 4.69) is 10.3 Å². The highest BCUT2D eigenvalue weighted by Gasteiger charge is 2.14. The number of carbonyl (C=O) groups is 1. The molecule has 3 aromatic rings. The molecule has 8 heteroatoms. The van der Waals surface area contributed by atoms with Gasteiger partial charge in [0.15, 0.2) is 0 Å². The highest BCUT2D eigenvalue weighted by atomic mass is 35.5. The Hall–Kier alpha value is -3.19. The van der Waals surface area contributed by atoms with Gasteiger partial charge in [-0.05, 0) is 12.5 Å². The fourth-order valence-electron chi connectivity index (χ4n) is 2.69. The fourth-order valence-corrected chi connectivity index (χ4v) is 2.95. The molecule has 7 nitrogen and oxygen atoms in total. The number of benzene rings is 2. The minimum atomic E-state index is -0.553. The zero-order valence-corrected chi connectivity index (χ0v) is 15.1. The Bertz CT molecular complexity index is 957. The fraction of sp³-hybridized carbons (Fsp3) is 0.158. The molecule has 0 aliphatic carbocycles. The van der Waals surface area contributed by atoms with Crippen LogP contribution in [0, 0.1) is 10.1 Å². The third kappa shape index (κ3) is 4.51. The number of rotatable bonds is 7. The van der Waals surface area contributed by atoms with Crippen LogP contribution in [0.1, 0.15) is 16.8 Å². The van der Waals surface area contributed by atoms with Crippen molar-refractivity contribution in [3.63, 3.8) is 0 Å². The molecule has 1 heterocycles. The van der Waals surface area contributed by atoms with Crippen LogP contribution < -0.4 is 5.32 Å². The largest absolute Gasteiger partial charge is 0.352 e. The third-order valence-electron chi connectivity index (χ3n) is 4.02. The van der Waals surface area contributed by atoms with Gasteiger partial charge in [-0.15, -0.1) is 0 Å². The highest BCUT2D eigenvalue weighted by molar-refractivity contribution is 6.34. The number of imidazole rings is 1. The minimum absolute atomic E-state index is 0.0580. The van der Waals surface area contributed by atoms with Gasteiger partial charge in [0.1, 0.15) is 5.82 Å². The standard InChI is InChI=1S/C19H17ClN4O3/c20-17-13-15(24(26)27)7-8-16(17)19(25)22-9-4-11-23-12-10-21-18(23)14-5-2-1-3-6-14/h1-3,5-8,10,12-13H,4,9,11H2,(H,22,25). The molecular formula is C19H17ClN4O3. The lowest BCUT2D eigenvalue weighted by Crippen LogP contribution is -2.25. The van der Waals surface area contributed by atoms with E-state index in [4.69, 9.17) is 11.6 Å². The number of hydrogen-bond donors (Lipinski definition) is 1. The van der Waals surface area contributed by atoms with Crippen molar-refractivity contribution in [2.75, 3.05) is 6.54 Å². The van der Waals surface area contributed by atoms with Crippen molar-refractivity contribution in [2.24, 2.45) is 0 Å². The van der Waals surface area contributed by atoms with Crippen molar-refractivity contribution in [1.82, 2.24) is 14.9 Å². The number of aryl methyl sites for hydroxylation is 1. The first-order valence-electron chi connectivity index (χ1n) is 8.35. The maximum Gasteiger partial charge on any atom is 0.270 e. The van der Waals surface area contributed by atoms with E-state index in [9.17, 15) is 14.9 Å². The number of hydrogen-bond acceptors (Lipinski definition) is 4. The summed E-state index contributed by atoms with van der Waals surface area (Å²) >= 11 is 5.97. The van der Waals surface area contributed by atoms with Gasteiger partial charge in [-0.2, -0.15) is 0 Å². The molecule has 0 bridgehead atoms. The predicted octanol–water partition coefficient (Wildman–Crippen LogP) is 3.93. The number of carbonyl (C=O) groups excluding carboxylic acids is 1. The van der Waals surface area contributed by atoms with Crippen molar-refractivity contribution in [1.29, 1.82) is 0 Å². The quantitative estimate of drug-likeness (QED) is 0.379. The van der Waals surface area contributed by atoms with E-state index in [1.807, 2.05) is 41.1 Å². The first-order chi connectivity index (χ1) is 13.1. The van der Waals surface area contributed by atoms with E-state index in [0.717, 1.165) is 11.4 Å². The van der Waals surface area contributed by atoms with Crippen LogP contribution in [0.2, 0.25) is 5.02 Å². The summed E-state index contributed by atoms with van der Waals surface area (Å²) in [5, 5.41) is 13.6. The second kappa shape index (κ2) is 8.46. The third-order valence-corrected chi connectivity index (χ3v) is 4.33. The molecule has 0 fully saturated rings. The molecule has 138 valence electrons. The summed E-state index contributed by atoms with van der Waals surface area (Å²) in [7, 11) is 0. The Morgan fingerprint density at radius 2 is 2.00 bits per heavy atom. The lowest BCUT2D eigenvalue weighted by atomic mass is 10.2. The first-order valence-corrected chi connectivity index (χ1v) is 8.73. The number of nitro groups is 1. The molecule has 1 N–H and O–H groups in total. The average molecular weight is 385 g/mol. The summed E-state index contributed by atoms with van der Waals surface area (Å²) in [5.41, 5.74) is 1.10. The normalized spacial score (nSPS) is 10.6. The second-order valence-corrected chi connectivity index (χ2v) is 6.25. The van der Waals surface area contributed by atoms with E-state index in [1.54, 1.807) is 6.20 Å². The molecule has 1 aromatic heterocycles. The summed E-state index contributed by atoms with van der Waals surface area (Å²) in [6.45, 7) is 1.14. The number of nitrogens with zero attached hydrogens (tertiary/aromatic N) is 3. The Labute approximate surface area is 160 Å². The molecule has 2 aromatic carbocycles. The molecule has 3 rings (SSSR count). The van der Waals surface area contributed by atoms with E-state index >= 15 is 0 Å². The van der Waals surface area contributed by atoms with Crippen molar-refractivity contribution in [3.8, 4) is 11.4 Å². The summed E-state index contributed by atoms with van der Waals surface area (Å²) in [4.78, 5) is 26.8. The molecule has 1 amide bonds. The van der Waals surface area contributed by atoms with Gasteiger partial charge in [-0.25, -0.2) is 4.98 Å². The number of nitro benzene ring substituents is 1. The van der Waals surface area contributed by atoms with Gasteiger partial charge in [0.05, 0.1) is 15.5 Å². The van der Waals surface area contributed by atoms with Crippen LogP contribution in [0.5, 0.6) is 0 Å². The molecule has 0 saturated heterocycles. The average Bonchev–Trinajstić information content (AvgIpc) is 3.14. The van der Waals surface area contributed by atoms with Crippen LogP contribution in [0.4, 0.5) is 5.69 Å². The Morgan fingerprint density at radius 3 is 2.70 bits per heavy atom. The van der Waals surface area contributed by atoms with Gasteiger partial charge >= 0.3 is 0 Å². The topological polar surface area (TPSA) is 90.1 Å². The maximum absolute atomic E-state index is 12.2. The number of nitrogens with one attached hydrogen (secondary N) is 1. The number of non-ortho nitro benzene ring substituents is 1. The Balaban J connectivity index is 1.55. The van der Waals surface area contributed by atoms with Gasteiger partial charge in [0, 0.05) is 43.2 Å². The molecule has 0 aliphatic rings. The molecular weight excluding hydrogens is 368 g/mol. The Morgan fingerprint density at radius 1 is 1.22 bits per heavy atom. The zero-order valence-electron chi connectivity index (χ0n) is 14.3. The summed E-state index contributed by atoms with van der Waals surface area (Å²) < 4.78 is 2.03. The van der Waals surface area contributed by atoms with Gasteiger partial charge < -0.3 is 9.88 Å². The molecule has 0 radical (unpaired) electrons. The number of aromatic nitrogens is 2. The lowest BCUT2D eigenvalue weighted by molar-refractivity contribution is -0.384. The van der Waals surface area contributed by atoms with Crippen LogP contribution in [0.25, 0.3) is 11.4 Å². The SMILES string of the molecule is O=C(NCCCn1ccnc1-c1ccccc1)c1ccc([N+](=O)[O-])cc1Cl. The van der Waals surface area contributed by atoms with Crippen LogP contribution in [-0.2, 0) is 6.54 Å². The number of halogens is 1. The van der Waals surface area contributed by atoms with Gasteiger partial charge in [0.25, 0.3) is 11.6 Å². The van der Waals surface area contributed by atoms with Crippen LogP contribution in [-0.4, -0.2) is 26.9 Å². The molecule has 0 atom stereocenters. The molecule has 0 aliphatic heterocycles. The van der Waals surface area contributed by atoms with Gasteiger partial charge in [-0.1, -0.05) is 41.9 Å². The van der Waals surface area contributed by atoms with Crippen molar-refractivity contribution >= 4 is 23.2 Å². The molecule has 0 saturated carbocycles. The van der Waals surface area contributed by atoms with E-state index < -0.39 is 4.92 Å². The van der Waals surface area contributed by atoms with Crippen LogP contribution in [0.15, 0.2) is 60.9 Å². The highest BCUT2D eigenvalue weighted by Crippen LogP contribution is 2.22. The van der Waals surface area contributed by atoms with Gasteiger partial charge in [0.2, 0.25) is 0 Å². The zero-order chi connectivity index (χ0) is 19.2. The Kier molecular flexibility index (Phi) is 5.83. The smallest absolute Gasteiger partial charge is 0.270 e. The molecule has 0 unspecified atom stereocenters. The summed E-state index contributed by atoms with van der Waals surface area (Å²) in [5.74, 6) is 0.518. The predicted molar refractivity (Wildman–Crippen MR) is 103 cm³/mol. The van der Waals surface area contributed by atoms with Crippen LogP contribution >= 0.6 is 11.6 Å². The van der Waals surface area contributed by atoms with Gasteiger partial charge in [-0.3, -0.25) is 14.9 Å². The molecule has 27 heavy (non-hydrogen) atoms. The van der Waals surface area contributed by atoms with E-state index in [0.29, 0.717) is 19.5 Å². The number of amides is 1. The lowest BCUT2D eigenvalue weighted by Gasteiger charge is -2.09. The monoisotopic (exact) mass is 384 g/mol. The van der Waals surface area contributed by atoms with Crippen molar-refractivity contribution in [3.05, 3.63) is 81.6 Å². The summed E-state index contributed by atoms with van der Waals surface area (Å²) in [6.07, 6.45) is 4.35. The van der Waals surface area contributed by atoms with E-state index in [-0.39, 0.29) is 22.2 Å². The summed E-state index contributed by atoms with van der Waals surface area (Å²) in [6, 6.07) is 13.7. The maximum atomic E-state index is 12.2. The second-order valence-electron chi connectivity index (χ2n) is 5.84. The molecule has 0 spiro atoms. The van der Waals surface area contributed by atoms with E-state index in [1.165, 1.54) is 18.2 Å².